The first-order valence-corrected chi connectivity index (χ1v) is 9.59. The van der Waals surface area contributed by atoms with E-state index in [0.717, 1.165) is 4.68 Å². The molecule has 2 aromatic carbocycles. The molecule has 0 bridgehead atoms. The second kappa shape index (κ2) is 7.79. The fourth-order valence-electron chi connectivity index (χ4n) is 3.23. The zero-order valence-corrected chi connectivity index (χ0v) is 16.3. The number of rotatable bonds is 6. The minimum absolute atomic E-state index is 0.178. The van der Waals surface area contributed by atoms with Gasteiger partial charge in [0.05, 0.1) is 23.8 Å². The number of nitrogens with zero attached hydrogens (tertiary/aromatic N) is 4. The number of para-hydroxylation sites is 3. The number of hydrogen-bond acceptors (Lipinski definition) is 6. The third-order valence-electron chi connectivity index (χ3n) is 4.67. The molecular formula is C22H17N5O4. The Morgan fingerprint density at radius 1 is 1.03 bits per heavy atom. The molecule has 3 heterocycles. The second-order valence-electron chi connectivity index (χ2n) is 6.78. The Kier molecular flexibility index (Phi) is 4.68. The lowest BCUT2D eigenvalue weighted by Crippen LogP contribution is -2.32. The van der Waals surface area contributed by atoms with E-state index in [4.69, 9.17) is 9.15 Å². The molecule has 0 aliphatic carbocycles. The third-order valence-corrected chi connectivity index (χ3v) is 4.67. The summed E-state index contributed by atoms with van der Waals surface area (Å²) in [5.74, 6) is 0.983. The molecule has 0 aliphatic heterocycles. The van der Waals surface area contributed by atoms with E-state index in [1.807, 2.05) is 24.3 Å². The largest absolute Gasteiger partial charge is 0.467 e. The highest BCUT2D eigenvalue weighted by molar-refractivity contribution is 5.80. The van der Waals surface area contributed by atoms with E-state index < -0.39 is 5.69 Å². The highest BCUT2D eigenvalue weighted by atomic mass is 16.5. The fraction of sp³-hybridized carbons (Fsp3) is 0.0909. The van der Waals surface area contributed by atoms with Crippen LogP contribution < -0.4 is 15.7 Å². The molecule has 154 valence electrons. The van der Waals surface area contributed by atoms with E-state index in [2.05, 4.69) is 15.4 Å². The van der Waals surface area contributed by atoms with Gasteiger partial charge in [-0.3, -0.25) is 4.79 Å². The number of hydrogen-bond donors (Lipinski definition) is 1. The number of furan rings is 1. The molecule has 5 rings (SSSR count). The molecule has 1 amide bonds. The van der Waals surface area contributed by atoms with Gasteiger partial charge in [-0.1, -0.05) is 30.3 Å². The first kappa shape index (κ1) is 18.6. The molecule has 9 nitrogen and oxygen atoms in total. The maximum Gasteiger partial charge on any atom is 0.351 e. The Morgan fingerprint density at radius 3 is 2.65 bits per heavy atom. The Bertz CT molecular complexity index is 1420. The second-order valence-corrected chi connectivity index (χ2v) is 6.78. The molecule has 0 aliphatic rings. The predicted molar refractivity (Wildman–Crippen MR) is 112 cm³/mol. The van der Waals surface area contributed by atoms with E-state index in [-0.39, 0.29) is 30.5 Å². The summed E-state index contributed by atoms with van der Waals surface area (Å²) in [4.78, 5) is 30.0. The lowest BCUT2D eigenvalue weighted by Gasteiger charge is -2.07. The monoisotopic (exact) mass is 415 g/mol. The van der Waals surface area contributed by atoms with Crippen LogP contribution in [0.25, 0.3) is 16.7 Å². The van der Waals surface area contributed by atoms with Crippen molar-refractivity contribution < 1.29 is 13.9 Å². The molecule has 0 fully saturated rings. The van der Waals surface area contributed by atoms with Crippen molar-refractivity contribution in [2.75, 3.05) is 0 Å². The zero-order valence-electron chi connectivity index (χ0n) is 16.3. The van der Waals surface area contributed by atoms with Crippen LogP contribution in [0, 0.1) is 0 Å². The molecule has 1 N–H and O–H groups in total. The highest BCUT2D eigenvalue weighted by Crippen LogP contribution is 2.25. The van der Waals surface area contributed by atoms with Crippen molar-refractivity contribution in [3.63, 3.8) is 0 Å². The van der Waals surface area contributed by atoms with Gasteiger partial charge in [0.15, 0.2) is 0 Å². The molecule has 0 radical (unpaired) electrons. The van der Waals surface area contributed by atoms with Gasteiger partial charge in [0.25, 0.3) is 5.88 Å². The molecule has 0 unspecified atom stereocenters. The van der Waals surface area contributed by atoms with Crippen LogP contribution in [0.5, 0.6) is 11.6 Å². The Balaban J connectivity index is 1.53. The number of nitrogens with one attached hydrogen (secondary N) is 1. The molecule has 0 spiro atoms. The molecular weight excluding hydrogens is 398 g/mol. The van der Waals surface area contributed by atoms with Crippen LogP contribution in [0.4, 0.5) is 0 Å². The summed E-state index contributed by atoms with van der Waals surface area (Å²) in [6.07, 6.45) is 1.53. The summed E-state index contributed by atoms with van der Waals surface area (Å²) in [5, 5.41) is 7.05. The van der Waals surface area contributed by atoms with Gasteiger partial charge >= 0.3 is 5.69 Å². The van der Waals surface area contributed by atoms with E-state index in [9.17, 15) is 9.59 Å². The number of aromatic nitrogens is 4. The van der Waals surface area contributed by atoms with Crippen molar-refractivity contribution in [1.82, 2.24) is 24.5 Å². The first-order valence-electron chi connectivity index (χ1n) is 9.59. The predicted octanol–water partition coefficient (Wildman–Crippen LogP) is 2.75. The fourth-order valence-corrected chi connectivity index (χ4v) is 3.23. The molecule has 31 heavy (non-hydrogen) atoms. The molecule has 9 heteroatoms. The number of ether oxygens (including phenoxy) is 1. The summed E-state index contributed by atoms with van der Waals surface area (Å²) in [6, 6.07) is 19.8. The van der Waals surface area contributed by atoms with Gasteiger partial charge in [-0.05, 0) is 36.4 Å². The molecule has 0 atom stereocenters. The van der Waals surface area contributed by atoms with Crippen molar-refractivity contribution in [1.29, 1.82) is 0 Å². The molecule has 0 saturated heterocycles. The normalized spacial score (nSPS) is 11.1. The third kappa shape index (κ3) is 3.64. The van der Waals surface area contributed by atoms with Crippen molar-refractivity contribution in [2.24, 2.45) is 0 Å². The lowest BCUT2D eigenvalue weighted by molar-refractivity contribution is -0.122. The average Bonchev–Trinajstić information content (AvgIpc) is 3.42. The van der Waals surface area contributed by atoms with E-state index in [1.165, 1.54) is 10.7 Å². The summed E-state index contributed by atoms with van der Waals surface area (Å²) in [5.41, 5.74) is 0.918. The summed E-state index contributed by atoms with van der Waals surface area (Å²) < 4.78 is 13.6. The van der Waals surface area contributed by atoms with Gasteiger partial charge in [-0.25, -0.2) is 18.9 Å². The van der Waals surface area contributed by atoms with Gasteiger partial charge in [-0.15, -0.1) is 5.10 Å². The van der Waals surface area contributed by atoms with Gasteiger partial charge in [-0.2, -0.15) is 0 Å². The maximum absolute atomic E-state index is 13.1. The maximum atomic E-state index is 13.1. The molecule has 3 aromatic heterocycles. The standard InChI is InChI=1S/C22H17N5O4/c28-19(23-13-16-9-6-12-30-16)14-26-22(29)27-18-11-5-4-10-17(18)24-21(20(27)25-26)31-15-7-2-1-3-8-15/h1-12H,13-14H2,(H,23,28). The minimum Gasteiger partial charge on any atom is -0.467 e. The number of carbonyl (C=O) groups excluding carboxylic acids is 1. The van der Waals surface area contributed by atoms with Crippen LogP contribution in [0.15, 0.2) is 82.2 Å². The van der Waals surface area contributed by atoms with Gasteiger partial charge in [0, 0.05) is 0 Å². The number of amides is 1. The quantitative estimate of drug-likeness (QED) is 0.457. The van der Waals surface area contributed by atoms with Crippen LogP contribution >= 0.6 is 0 Å². The van der Waals surface area contributed by atoms with Crippen molar-refractivity contribution >= 4 is 22.6 Å². The summed E-state index contributed by atoms with van der Waals surface area (Å²) in [7, 11) is 0. The van der Waals surface area contributed by atoms with Gasteiger partial charge in [0.2, 0.25) is 11.6 Å². The van der Waals surface area contributed by atoms with Crippen molar-refractivity contribution in [2.45, 2.75) is 13.1 Å². The highest BCUT2D eigenvalue weighted by Gasteiger charge is 2.19. The van der Waals surface area contributed by atoms with Crippen LogP contribution in [0.3, 0.4) is 0 Å². The lowest BCUT2D eigenvalue weighted by atomic mass is 10.3. The number of fused-ring (bicyclic) bond motifs is 3. The summed E-state index contributed by atoms with van der Waals surface area (Å²) in [6.45, 7) is -0.0267. The molecule has 5 aromatic rings. The van der Waals surface area contributed by atoms with E-state index in [1.54, 1.807) is 42.5 Å². The minimum atomic E-state index is -0.459. The first-order chi connectivity index (χ1) is 15.2. The Hall–Kier alpha value is -4.40. The van der Waals surface area contributed by atoms with Crippen molar-refractivity contribution in [3.05, 3.63) is 89.2 Å². The Morgan fingerprint density at radius 2 is 1.84 bits per heavy atom. The van der Waals surface area contributed by atoms with Gasteiger partial charge in [0.1, 0.15) is 18.1 Å². The zero-order chi connectivity index (χ0) is 21.2. The summed E-state index contributed by atoms with van der Waals surface area (Å²) >= 11 is 0. The van der Waals surface area contributed by atoms with Crippen LogP contribution in [-0.2, 0) is 17.9 Å². The van der Waals surface area contributed by atoms with E-state index >= 15 is 0 Å². The van der Waals surface area contributed by atoms with E-state index in [0.29, 0.717) is 22.5 Å². The molecule has 0 saturated carbocycles. The smallest absolute Gasteiger partial charge is 0.351 e. The van der Waals surface area contributed by atoms with Crippen LogP contribution in [0.1, 0.15) is 5.76 Å². The topological polar surface area (TPSA) is 104 Å². The number of carbonyl (C=O) groups is 1. The van der Waals surface area contributed by atoms with Gasteiger partial charge < -0.3 is 14.5 Å². The van der Waals surface area contributed by atoms with Crippen molar-refractivity contribution in [3.8, 4) is 11.6 Å². The Labute approximate surface area is 175 Å². The number of benzene rings is 2. The van der Waals surface area contributed by atoms with Crippen LogP contribution in [-0.4, -0.2) is 25.1 Å². The SMILES string of the molecule is O=C(Cn1nc2c(Oc3ccccc3)nc3ccccc3n2c1=O)NCc1ccco1. The van der Waals surface area contributed by atoms with Crippen LogP contribution in [0.2, 0.25) is 0 Å². The average molecular weight is 415 g/mol.